The van der Waals surface area contributed by atoms with Crippen molar-refractivity contribution in [1.29, 1.82) is 0 Å². The van der Waals surface area contributed by atoms with Gasteiger partial charge < -0.3 is 14.5 Å². The van der Waals surface area contributed by atoms with Gasteiger partial charge in [0.2, 0.25) is 5.91 Å². The molecule has 0 fully saturated rings. The first-order valence-corrected chi connectivity index (χ1v) is 8.04. The van der Waals surface area contributed by atoms with Crippen LogP contribution in [-0.2, 0) is 9.53 Å². The Bertz CT molecular complexity index is 509. The van der Waals surface area contributed by atoms with Crippen molar-refractivity contribution in [3.05, 3.63) is 30.3 Å². The number of amides is 2. The largest absolute Gasteiger partial charge is 0.444 e. The summed E-state index contributed by atoms with van der Waals surface area (Å²) in [5.41, 5.74) is 0.397. The normalized spacial score (nSPS) is 11.0. The van der Waals surface area contributed by atoms with Crippen LogP contribution in [0.5, 0.6) is 0 Å². The van der Waals surface area contributed by atoms with E-state index in [2.05, 4.69) is 0 Å². The van der Waals surface area contributed by atoms with Gasteiger partial charge in [-0.1, -0.05) is 18.2 Å². The number of carbonyl (C=O) groups excluding carboxylic acids is 2. The van der Waals surface area contributed by atoms with Crippen molar-refractivity contribution in [3.8, 4) is 0 Å². The molecular weight excluding hydrogens is 292 g/mol. The summed E-state index contributed by atoms with van der Waals surface area (Å²) in [4.78, 5) is 27.5. The highest BCUT2D eigenvalue weighted by Gasteiger charge is 2.20. The summed E-state index contributed by atoms with van der Waals surface area (Å²) >= 11 is 0. The Balaban J connectivity index is 2.45. The Morgan fingerprint density at radius 1 is 1.13 bits per heavy atom. The zero-order valence-electron chi connectivity index (χ0n) is 14.8. The summed E-state index contributed by atoms with van der Waals surface area (Å²) in [6.45, 7) is 8.58. The second-order valence-electron chi connectivity index (χ2n) is 6.48. The van der Waals surface area contributed by atoms with E-state index >= 15 is 0 Å². The lowest BCUT2D eigenvalue weighted by molar-refractivity contribution is -0.118. The first-order valence-electron chi connectivity index (χ1n) is 8.04. The summed E-state index contributed by atoms with van der Waals surface area (Å²) in [6, 6.07) is 9.61. The van der Waals surface area contributed by atoms with Crippen LogP contribution in [0.2, 0.25) is 0 Å². The Hall–Kier alpha value is -2.04. The van der Waals surface area contributed by atoms with E-state index < -0.39 is 5.60 Å². The van der Waals surface area contributed by atoms with Gasteiger partial charge in [-0.25, -0.2) is 4.79 Å². The van der Waals surface area contributed by atoms with E-state index in [0.717, 1.165) is 5.69 Å². The molecule has 5 nitrogen and oxygen atoms in total. The molecule has 0 saturated heterocycles. The summed E-state index contributed by atoms with van der Waals surface area (Å²) in [5, 5.41) is 0. The third-order valence-electron chi connectivity index (χ3n) is 3.27. The molecule has 0 aliphatic heterocycles. The molecule has 0 aliphatic rings. The van der Waals surface area contributed by atoms with Gasteiger partial charge in [0.15, 0.2) is 0 Å². The maximum absolute atomic E-state index is 12.3. The number of benzene rings is 1. The van der Waals surface area contributed by atoms with E-state index in [9.17, 15) is 9.59 Å². The molecule has 128 valence electrons. The van der Waals surface area contributed by atoms with Crippen molar-refractivity contribution in [3.63, 3.8) is 0 Å². The number of hydrogen-bond donors (Lipinski definition) is 0. The molecule has 0 atom stereocenters. The molecule has 0 heterocycles. The van der Waals surface area contributed by atoms with Gasteiger partial charge in [-0.15, -0.1) is 0 Å². The van der Waals surface area contributed by atoms with Gasteiger partial charge in [0.25, 0.3) is 0 Å². The van der Waals surface area contributed by atoms with Crippen molar-refractivity contribution in [2.24, 2.45) is 0 Å². The predicted octanol–water partition coefficient (Wildman–Crippen LogP) is 3.69. The minimum absolute atomic E-state index is 0.0660. The summed E-state index contributed by atoms with van der Waals surface area (Å²) in [5.74, 6) is 0.0660. The zero-order chi connectivity index (χ0) is 17.5. The summed E-state index contributed by atoms with van der Waals surface area (Å²) in [7, 11) is 1.69. The SMILES string of the molecule is CCN(C(=O)CCCN(C)C(=O)OC(C)(C)C)c1ccccc1. The second kappa shape index (κ2) is 8.56. The topological polar surface area (TPSA) is 49.9 Å². The zero-order valence-corrected chi connectivity index (χ0v) is 14.8. The fraction of sp³-hybridized carbons (Fsp3) is 0.556. The molecule has 0 aromatic heterocycles. The molecule has 0 radical (unpaired) electrons. The highest BCUT2D eigenvalue weighted by Crippen LogP contribution is 2.15. The molecule has 5 heteroatoms. The van der Waals surface area contributed by atoms with Crippen LogP contribution in [0.15, 0.2) is 30.3 Å². The van der Waals surface area contributed by atoms with E-state index in [-0.39, 0.29) is 12.0 Å². The first kappa shape index (κ1) is 19.0. The minimum Gasteiger partial charge on any atom is -0.444 e. The number of nitrogens with zero attached hydrogens (tertiary/aromatic N) is 2. The lowest BCUT2D eigenvalue weighted by Crippen LogP contribution is -2.35. The maximum atomic E-state index is 12.3. The molecule has 0 aliphatic carbocycles. The molecule has 0 bridgehead atoms. The smallest absolute Gasteiger partial charge is 0.410 e. The van der Waals surface area contributed by atoms with Gasteiger partial charge in [-0.05, 0) is 46.2 Å². The van der Waals surface area contributed by atoms with Gasteiger partial charge in [0.05, 0.1) is 0 Å². The maximum Gasteiger partial charge on any atom is 0.410 e. The number of ether oxygens (including phenoxy) is 1. The Kier molecular flexibility index (Phi) is 7.07. The van der Waals surface area contributed by atoms with E-state index in [0.29, 0.717) is 25.9 Å². The van der Waals surface area contributed by atoms with Crippen LogP contribution in [-0.4, -0.2) is 42.6 Å². The average Bonchev–Trinajstić information content (AvgIpc) is 2.47. The number of anilines is 1. The van der Waals surface area contributed by atoms with E-state index in [4.69, 9.17) is 4.74 Å². The molecule has 1 aromatic carbocycles. The standard InChI is InChI=1S/C18H28N2O3/c1-6-20(15-11-8-7-9-12-15)16(21)13-10-14-19(5)17(22)23-18(2,3)4/h7-9,11-12H,6,10,13-14H2,1-5H3. The first-order chi connectivity index (χ1) is 10.7. The van der Waals surface area contributed by atoms with Gasteiger partial charge in [0.1, 0.15) is 5.60 Å². The van der Waals surface area contributed by atoms with Crippen LogP contribution < -0.4 is 4.90 Å². The van der Waals surface area contributed by atoms with Crippen LogP contribution >= 0.6 is 0 Å². The lowest BCUT2D eigenvalue weighted by Gasteiger charge is -2.25. The van der Waals surface area contributed by atoms with Crippen molar-refractivity contribution in [2.75, 3.05) is 25.0 Å². The van der Waals surface area contributed by atoms with Crippen molar-refractivity contribution < 1.29 is 14.3 Å². The number of carbonyl (C=O) groups is 2. The molecule has 0 unspecified atom stereocenters. The van der Waals surface area contributed by atoms with Crippen LogP contribution in [0.1, 0.15) is 40.5 Å². The van der Waals surface area contributed by atoms with Gasteiger partial charge in [-0.3, -0.25) is 4.79 Å². The molecule has 0 N–H and O–H groups in total. The number of para-hydroxylation sites is 1. The van der Waals surface area contributed by atoms with Crippen molar-refractivity contribution >= 4 is 17.7 Å². The van der Waals surface area contributed by atoms with Gasteiger partial charge >= 0.3 is 6.09 Å². The highest BCUT2D eigenvalue weighted by atomic mass is 16.6. The van der Waals surface area contributed by atoms with E-state index in [1.807, 2.05) is 58.0 Å². The van der Waals surface area contributed by atoms with Gasteiger partial charge in [0, 0.05) is 32.2 Å². The third-order valence-corrected chi connectivity index (χ3v) is 3.27. The Morgan fingerprint density at radius 3 is 2.26 bits per heavy atom. The molecule has 23 heavy (non-hydrogen) atoms. The molecule has 2 amide bonds. The van der Waals surface area contributed by atoms with Gasteiger partial charge in [-0.2, -0.15) is 0 Å². The quantitative estimate of drug-likeness (QED) is 0.803. The summed E-state index contributed by atoms with van der Waals surface area (Å²) < 4.78 is 5.29. The van der Waals surface area contributed by atoms with E-state index in [1.165, 1.54) is 4.90 Å². The summed E-state index contributed by atoms with van der Waals surface area (Å²) in [6.07, 6.45) is 0.647. The molecule has 1 rings (SSSR count). The van der Waals surface area contributed by atoms with Crippen molar-refractivity contribution in [1.82, 2.24) is 4.90 Å². The number of rotatable bonds is 6. The lowest BCUT2D eigenvalue weighted by atomic mass is 10.2. The second-order valence-corrected chi connectivity index (χ2v) is 6.48. The highest BCUT2D eigenvalue weighted by molar-refractivity contribution is 5.93. The molecule has 0 saturated carbocycles. The van der Waals surface area contributed by atoms with Crippen LogP contribution in [0.4, 0.5) is 10.5 Å². The van der Waals surface area contributed by atoms with Crippen LogP contribution in [0.3, 0.4) is 0 Å². The minimum atomic E-state index is -0.506. The average molecular weight is 320 g/mol. The Morgan fingerprint density at radius 2 is 1.74 bits per heavy atom. The Labute approximate surface area is 139 Å². The third kappa shape index (κ3) is 6.72. The predicted molar refractivity (Wildman–Crippen MR) is 92.6 cm³/mol. The molecule has 0 spiro atoms. The van der Waals surface area contributed by atoms with Crippen LogP contribution in [0.25, 0.3) is 0 Å². The fourth-order valence-corrected chi connectivity index (χ4v) is 2.14. The van der Waals surface area contributed by atoms with Crippen molar-refractivity contribution in [2.45, 2.75) is 46.1 Å². The monoisotopic (exact) mass is 320 g/mol. The van der Waals surface area contributed by atoms with E-state index in [1.54, 1.807) is 11.9 Å². The molecule has 1 aromatic rings. The van der Waals surface area contributed by atoms with Crippen LogP contribution in [0, 0.1) is 0 Å². The number of hydrogen-bond acceptors (Lipinski definition) is 3. The fourth-order valence-electron chi connectivity index (χ4n) is 2.14. The molecular formula is C18H28N2O3.